The van der Waals surface area contributed by atoms with Crippen LogP contribution in [0.2, 0.25) is 0 Å². The molecular formula is C13H19NO3S. The van der Waals surface area contributed by atoms with Gasteiger partial charge in [-0.05, 0) is 5.56 Å². The highest BCUT2D eigenvalue weighted by molar-refractivity contribution is 7.92. The molecule has 0 saturated heterocycles. The zero-order chi connectivity index (χ0) is 13.4. The first-order valence-electron chi connectivity index (χ1n) is 6.11. The Labute approximate surface area is 108 Å². The molecule has 0 spiro atoms. The molecule has 1 aliphatic carbocycles. The van der Waals surface area contributed by atoms with E-state index in [1.54, 1.807) is 6.92 Å². The van der Waals surface area contributed by atoms with E-state index in [1.807, 2.05) is 30.3 Å². The summed E-state index contributed by atoms with van der Waals surface area (Å²) in [7, 11) is -3.19. The van der Waals surface area contributed by atoms with Crippen molar-refractivity contribution in [3.8, 4) is 0 Å². The van der Waals surface area contributed by atoms with Crippen molar-refractivity contribution in [1.29, 1.82) is 0 Å². The standard InChI is InChI=1S/C13H19NO3S/c1-2-18(16,17)12-11(13(12,8-14)9-15)10-6-4-3-5-7-10/h3-7,11-12,15H,2,8-9,14H2,1H3/t11-,12+,13-/m0/s1. The molecule has 0 aliphatic heterocycles. The molecule has 1 aliphatic rings. The highest BCUT2D eigenvalue weighted by Crippen LogP contribution is 2.62. The Morgan fingerprint density at radius 2 is 1.94 bits per heavy atom. The lowest BCUT2D eigenvalue weighted by atomic mass is 10.0. The van der Waals surface area contributed by atoms with Gasteiger partial charge in [0.15, 0.2) is 9.84 Å². The Kier molecular flexibility index (Phi) is 3.49. The predicted molar refractivity (Wildman–Crippen MR) is 71.0 cm³/mol. The normalized spacial score (nSPS) is 31.3. The molecule has 2 rings (SSSR count). The van der Waals surface area contributed by atoms with Crippen LogP contribution in [0.1, 0.15) is 18.4 Å². The van der Waals surface area contributed by atoms with Crippen LogP contribution in [0.15, 0.2) is 30.3 Å². The van der Waals surface area contributed by atoms with Crippen LogP contribution in [0.25, 0.3) is 0 Å². The fourth-order valence-corrected chi connectivity index (χ4v) is 5.02. The number of hydrogen-bond donors (Lipinski definition) is 2. The molecule has 3 N–H and O–H groups in total. The van der Waals surface area contributed by atoms with Crippen LogP contribution in [0.4, 0.5) is 0 Å². The molecule has 1 aromatic carbocycles. The average molecular weight is 269 g/mol. The number of benzene rings is 1. The molecule has 1 fully saturated rings. The number of rotatable bonds is 5. The van der Waals surface area contributed by atoms with Crippen LogP contribution in [0, 0.1) is 5.41 Å². The number of aliphatic hydroxyl groups is 1. The second-order valence-corrected chi connectivity index (χ2v) is 7.27. The minimum atomic E-state index is -3.19. The van der Waals surface area contributed by atoms with Crippen LogP contribution in [0.5, 0.6) is 0 Å². The van der Waals surface area contributed by atoms with Crippen LogP contribution < -0.4 is 5.73 Å². The van der Waals surface area contributed by atoms with Gasteiger partial charge < -0.3 is 10.8 Å². The van der Waals surface area contributed by atoms with Crippen molar-refractivity contribution in [2.24, 2.45) is 11.1 Å². The van der Waals surface area contributed by atoms with Crippen molar-refractivity contribution in [2.75, 3.05) is 18.9 Å². The molecule has 100 valence electrons. The fourth-order valence-electron chi connectivity index (χ4n) is 2.86. The summed E-state index contributed by atoms with van der Waals surface area (Å²) in [5.74, 6) is -0.0957. The second kappa shape index (κ2) is 4.64. The predicted octanol–water partition coefficient (Wildman–Crippen LogP) is 0.525. The van der Waals surface area contributed by atoms with E-state index >= 15 is 0 Å². The first-order valence-corrected chi connectivity index (χ1v) is 7.82. The van der Waals surface area contributed by atoms with Gasteiger partial charge in [-0.15, -0.1) is 0 Å². The van der Waals surface area contributed by atoms with Gasteiger partial charge in [0.05, 0.1) is 11.9 Å². The third-order valence-electron chi connectivity index (χ3n) is 4.00. The second-order valence-electron chi connectivity index (χ2n) is 4.86. The summed E-state index contributed by atoms with van der Waals surface area (Å²) in [5, 5.41) is 9.02. The van der Waals surface area contributed by atoms with Gasteiger partial charge in [-0.2, -0.15) is 0 Å². The van der Waals surface area contributed by atoms with Gasteiger partial charge in [0.25, 0.3) is 0 Å². The molecule has 0 unspecified atom stereocenters. The lowest BCUT2D eigenvalue weighted by Crippen LogP contribution is -2.28. The largest absolute Gasteiger partial charge is 0.396 e. The molecule has 1 aromatic rings. The SMILES string of the molecule is CCS(=O)(=O)[C@@H]1[C@H](c2ccccc2)[C@]1(CN)CO. The maximum absolute atomic E-state index is 12.1. The Balaban J connectivity index is 2.42. The van der Waals surface area contributed by atoms with Gasteiger partial charge in [0.2, 0.25) is 0 Å². The minimum Gasteiger partial charge on any atom is -0.396 e. The summed E-state index contributed by atoms with van der Waals surface area (Å²) >= 11 is 0. The lowest BCUT2D eigenvalue weighted by Gasteiger charge is -2.11. The summed E-state index contributed by atoms with van der Waals surface area (Å²) < 4.78 is 24.2. The lowest BCUT2D eigenvalue weighted by molar-refractivity contribution is 0.212. The molecule has 5 heteroatoms. The van der Waals surface area contributed by atoms with Gasteiger partial charge >= 0.3 is 0 Å². The fraction of sp³-hybridized carbons (Fsp3) is 0.538. The maximum Gasteiger partial charge on any atom is 0.154 e. The van der Waals surface area contributed by atoms with Gasteiger partial charge in [0.1, 0.15) is 0 Å². The summed E-state index contributed by atoms with van der Waals surface area (Å²) in [6.07, 6.45) is 0. The van der Waals surface area contributed by atoms with Crippen molar-refractivity contribution in [2.45, 2.75) is 18.1 Å². The Hall–Kier alpha value is -0.910. The number of sulfone groups is 1. The molecule has 0 bridgehead atoms. The van der Waals surface area contributed by atoms with Crippen molar-refractivity contribution >= 4 is 9.84 Å². The molecule has 1 saturated carbocycles. The molecule has 4 nitrogen and oxygen atoms in total. The quantitative estimate of drug-likeness (QED) is 0.817. The van der Waals surface area contributed by atoms with Crippen LogP contribution in [-0.4, -0.2) is 37.7 Å². The molecule has 3 atom stereocenters. The smallest absolute Gasteiger partial charge is 0.154 e. The van der Waals surface area contributed by atoms with Crippen molar-refractivity contribution in [1.82, 2.24) is 0 Å². The van der Waals surface area contributed by atoms with E-state index in [2.05, 4.69) is 0 Å². The van der Waals surface area contributed by atoms with Crippen molar-refractivity contribution < 1.29 is 13.5 Å². The van der Waals surface area contributed by atoms with Crippen LogP contribution in [0.3, 0.4) is 0 Å². The third-order valence-corrected chi connectivity index (χ3v) is 6.32. The summed E-state index contributed by atoms with van der Waals surface area (Å²) in [5.41, 5.74) is 5.97. The number of aliphatic hydroxyl groups excluding tert-OH is 1. The van der Waals surface area contributed by atoms with E-state index in [-0.39, 0.29) is 24.8 Å². The third kappa shape index (κ3) is 1.86. The van der Waals surface area contributed by atoms with Gasteiger partial charge in [-0.25, -0.2) is 8.42 Å². The molecular weight excluding hydrogens is 250 g/mol. The molecule has 0 amide bonds. The topological polar surface area (TPSA) is 80.4 Å². The van der Waals surface area contributed by atoms with Gasteiger partial charge in [-0.3, -0.25) is 0 Å². The molecule has 0 heterocycles. The summed E-state index contributed by atoms with van der Waals surface area (Å²) in [4.78, 5) is 0. The summed E-state index contributed by atoms with van der Waals surface area (Å²) in [6, 6.07) is 9.44. The highest BCUT2D eigenvalue weighted by Gasteiger charge is 2.69. The maximum atomic E-state index is 12.1. The highest BCUT2D eigenvalue weighted by atomic mass is 32.2. The molecule has 0 radical (unpaired) electrons. The number of hydrogen-bond acceptors (Lipinski definition) is 4. The first kappa shape index (κ1) is 13.5. The van der Waals surface area contributed by atoms with Gasteiger partial charge in [-0.1, -0.05) is 37.3 Å². The van der Waals surface area contributed by atoms with Crippen molar-refractivity contribution in [3.63, 3.8) is 0 Å². The van der Waals surface area contributed by atoms with E-state index in [1.165, 1.54) is 0 Å². The minimum absolute atomic E-state index is 0.0861. The number of nitrogens with two attached hydrogens (primary N) is 1. The summed E-state index contributed by atoms with van der Waals surface area (Å²) in [6.45, 7) is 1.63. The van der Waals surface area contributed by atoms with E-state index < -0.39 is 20.5 Å². The Morgan fingerprint density at radius 1 is 1.33 bits per heavy atom. The molecule has 0 aromatic heterocycles. The van der Waals surface area contributed by atoms with E-state index in [0.29, 0.717) is 0 Å². The van der Waals surface area contributed by atoms with E-state index in [9.17, 15) is 13.5 Å². The zero-order valence-corrected chi connectivity index (χ0v) is 11.2. The van der Waals surface area contributed by atoms with Crippen molar-refractivity contribution in [3.05, 3.63) is 35.9 Å². The van der Waals surface area contributed by atoms with Crippen LogP contribution in [-0.2, 0) is 9.84 Å². The first-order chi connectivity index (χ1) is 8.53. The van der Waals surface area contributed by atoms with E-state index in [0.717, 1.165) is 5.56 Å². The van der Waals surface area contributed by atoms with Gasteiger partial charge in [0, 0.05) is 23.6 Å². The average Bonchev–Trinajstić information content (AvgIpc) is 3.10. The zero-order valence-electron chi connectivity index (χ0n) is 10.4. The Morgan fingerprint density at radius 3 is 2.39 bits per heavy atom. The van der Waals surface area contributed by atoms with E-state index in [4.69, 9.17) is 5.73 Å². The Bertz CT molecular complexity index is 508. The molecule has 18 heavy (non-hydrogen) atoms. The monoisotopic (exact) mass is 269 g/mol. The van der Waals surface area contributed by atoms with Crippen LogP contribution >= 0.6 is 0 Å².